The van der Waals surface area contributed by atoms with Gasteiger partial charge in [0, 0.05) is 49.9 Å². The number of carbonyl (C=O) groups excluding carboxylic acids is 2. The van der Waals surface area contributed by atoms with Crippen LogP contribution in [-0.4, -0.2) is 77.2 Å². The van der Waals surface area contributed by atoms with E-state index < -0.39 is 0 Å². The number of hydrogen-bond acceptors (Lipinski definition) is 5. The number of likely N-dealkylation sites (tertiary alicyclic amines) is 1. The van der Waals surface area contributed by atoms with Crippen LogP contribution >= 0.6 is 0 Å². The Kier molecular flexibility index (Phi) is 6.76. The molecule has 0 saturated carbocycles. The van der Waals surface area contributed by atoms with Crippen LogP contribution in [0.25, 0.3) is 5.52 Å². The lowest BCUT2D eigenvalue weighted by Gasteiger charge is -2.24. The molecule has 178 valence electrons. The second-order valence-electron chi connectivity index (χ2n) is 8.95. The van der Waals surface area contributed by atoms with Crippen LogP contribution in [0.3, 0.4) is 0 Å². The van der Waals surface area contributed by atoms with Crippen molar-refractivity contribution in [3.05, 3.63) is 66.0 Å². The SMILES string of the molecule is O=C1CCCN1CCOc1cccc(C(=O)N2CCOC[C@@H](Cc3cccn4nccc34)C2)c1. The highest BCUT2D eigenvalue weighted by Gasteiger charge is 2.25. The van der Waals surface area contributed by atoms with Crippen molar-refractivity contribution in [3.63, 3.8) is 0 Å². The second-order valence-corrected chi connectivity index (χ2v) is 8.95. The molecule has 8 nitrogen and oxygen atoms in total. The molecule has 0 aliphatic carbocycles. The number of benzene rings is 1. The number of carbonyl (C=O) groups is 2. The Morgan fingerprint density at radius 3 is 3.00 bits per heavy atom. The van der Waals surface area contributed by atoms with Gasteiger partial charge in [-0.25, -0.2) is 4.52 Å². The summed E-state index contributed by atoms with van der Waals surface area (Å²) in [6.45, 7) is 4.14. The van der Waals surface area contributed by atoms with Crippen molar-refractivity contribution in [3.8, 4) is 5.75 Å². The molecule has 4 heterocycles. The minimum Gasteiger partial charge on any atom is -0.492 e. The van der Waals surface area contributed by atoms with E-state index >= 15 is 0 Å². The Labute approximate surface area is 199 Å². The maximum absolute atomic E-state index is 13.3. The average Bonchev–Trinajstić information content (AvgIpc) is 3.43. The average molecular weight is 463 g/mol. The number of rotatable bonds is 7. The van der Waals surface area contributed by atoms with E-state index in [9.17, 15) is 9.59 Å². The Morgan fingerprint density at radius 1 is 1.18 bits per heavy atom. The molecule has 2 aromatic heterocycles. The predicted octanol–water partition coefficient (Wildman–Crippen LogP) is 2.67. The molecule has 2 aliphatic heterocycles. The van der Waals surface area contributed by atoms with E-state index in [0.717, 1.165) is 24.9 Å². The molecule has 8 heteroatoms. The summed E-state index contributed by atoms with van der Waals surface area (Å²) in [6, 6.07) is 13.4. The number of nitrogens with zero attached hydrogens (tertiary/aromatic N) is 4. The van der Waals surface area contributed by atoms with E-state index in [-0.39, 0.29) is 17.7 Å². The summed E-state index contributed by atoms with van der Waals surface area (Å²) in [4.78, 5) is 28.8. The van der Waals surface area contributed by atoms with Gasteiger partial charge in [-0.05, 0) is 48.7 Å². The van der Waals surface area contributed by atoms with Gasteiger partial charge in [-0.3, -0.25) is 9.59 Å². The molecule has 0 unspecified atom stereocenters. The van der Waals surface area contributed by atoms with Crippen molar-refractivity contribution in [1.82, 2.24) is 19.4 Å². The van der Waals surface area contributed by atoms with Crippen LogP contribution in [0.1, 0.15) is 28.8 Å². The van der Waals surface area contributed by atoms with Gasteiger partial charge >= 0.3 is 0 Å². The molecule has 2 amide bonds. The van der Waals surface area contributed by atoms with Crippen molar-refractivity contribution in [2.24, 2.45) is 5.92 Å². The zero-order valence-electron chi connectivity index (χ0n) is 19.3. The topological polar surface area (TPSA) is 76.4 Å². The van der Waals surface area contributed by atoms with E-state index in [1.165, 1.54) is 5.56 Å². The van der Waals surface area contributed by atoms with Crippen LogP contribution in [-0.2, 0) is 16.0 Å². The molecule has 5 rings (SSSR count). The lowest BCUT2D eigenvalue weighted by atomic mass is 9.99. The lowest BCUT2D eigenvalue weighted by molar-refractivity contribution is -0.128. The quantitative estimate of drug-likeness (QED) is 0.540. The first-order chi connectivity index (χ1) is 16.7. The van der Waals surface area contributed by atoms with Gasteiger partial charge in [-0.2, -0.15) is 5.10 Å². The zero-order chi connectivity index (χ0) is 23.3. The predicted molar refractivity (Wildman–Crippen MR) is 127 cm³/mol. The monoisotopic (exact) mass is 462 g/mol. The Balaban J connectivity index is 1.22. The molecule has 1 atom stereocenters. The van der Waals surface area contributed by atoms with Crippen LogP contribution in [0.4, 0.5) is 0 Å². The van der Waals surface area contributed by atoms with Crippen molar-refractivity contribution in [1.29, 1.82) is 0 Å². The molecular weight excluding hydrogens is 432 g/mol. The summed E-state index contributed by atoms with van der Waals surface area (Å²) >= 11 is 0. The molecule has 1 aromatic carbocycles. The number of ether oxygens (including phenoxy) is 2. The van der Waals surface area contributed by atoms with E-state index in [0.29, 0.717) is 57.2 Å². The number of aromatic nitrogens is 2. The third-order valence-corrected chi connectivity index (χ3v) is 6.54. The molecule has 2 fully saturated rings. The first kappa shape index (κ1) is 22.4. The van der Waals surface area contributed by atoms with Crippen LogP contribution in [0, 0.1) is 5.92 Å². The summed E-state index contributed by atoms with van der Waals surface area (Å²) in [5.41, 5.74) is 2.90. The fraction of sp³-hybridized carbons (Fsp3) is 0.423. The molecule has 0 spiro atoms. The first-order valence-electron chi connectivity index (χ1n) is 12.0. The van der Waals surface area contributed by atoms with Gasteiger partial charge in [-0.1, -0.05) is 12.1 Å². The molecule has 2 saturated heterocycles. The number of hydrogen-bond donors (Lipinski definition) is 0. The Hall–Kier alpha value is -3.39. The molecular formula is C26H30N4O4. The summed E-state index contributed by atoms with van der Waals surface area (Å²) in [6.07, 6.45) is 6.11. The summed E-state index contributed by atoms with van der Waals surface area (Å²) in [5, 5.41) is 4.32. The standard InChI is InChI=1S/C26H30N4O4/c31-25-7-3-10-28(25)13-15-34-23-6-1-4-22(17-23)26(32)29-12-14-33-19-20(18-29)16-21-5-2-11-30-24(21)8-9-27-30/h1-2,4-6,8-9,11,17,20H,3,7,10,12-16,18-19H2/t20-/m0/s1. The lowest BCUT2D eigenvalue weighted by Crippen LogP contribution is -2.36. The smallest absolute Gasteiger partial charge is 0.254 e. The van der Waals surface area contributed by atoms with Crippen LogP contribution in [0.2, 0.25) is 0 Å². The van der Waals surface area contributed by atoms with Gasteiger partial charge in [-0.15, -0.1) is 0 Å². The van der Waals surface area contributed by atoms with E-state index in [2.05, 4.69) is 11.2 Å². The molecule has 2 aliphatic rings. The molecule has 34 heavy (non-hydrogen) atoms. The Bertz CT molecular complexity index is 1160. The minimum atomic E-state index is -0.0155. The van der Waals surface area contributed by atoms with Gasteiger partial charge < -0.3 is 19.3 Å². The molecule has 0 bridgehead atoms. The van der Waals surface area contributed by atoms with Gasteiger partial charge in [0.15, 0.2) is 0 Å². The highest BCUT2D eigenvalue weighted by Crippen LogP contribution is 2.21. The molecule has 0 radical (unpaired) electrons. The van der Waals surface area contributed by atoms with E-state index in [4.69, 9.17) is 9.47 Å². The van der Waals surface area contributed by atoms with Crippen molar-refractivity contribution >= 4 is 17.3 Å². The minimum absolute atomic E-state index is 0.0155. The summed E-state index contributed by atoms with van der Waals surface area (Å²) < 4.78 is 13.6. The van der Waals surface area contributed by atoms with E-state index in [1.54, 1.807) is 12.3 Å². The largest absolute Gasteiger partial charge is 0.492 e. The van der Waals surface area contributed by atoms with Crippen molar-refractivity contribution < 1.29 is 19.1 Å². The third kappa shape index (κ3) is 5.07. The van der Waals surface area contributed by atoms with E-state index in [1.807, 2.05) is 50.8 Å². The van der Waals surface area contributed by atoms with Crippen LogP contribution in [0.15, 0.2) is 54.9 Å². The number of fused-ring (bicyclic) bond motifs is 1. The highest BCUT2D eigenvalue weighted by atomic mass is 16.5. The molecule has 0 N–H and O–H groups in total. The maximum atomic E-state index is 13.3. The van der Waals surface area contributed by atoms with Gasteiger partial charge in [0.25, 0.3) is 5.91 Å². The van der Waals surface area contributed by atoms with Gasteiger partial charge in [0.05, 0.1) is 25.3 Å². The first-order valence-corrected chi connectivity index (χ1v) is 12.0. The third-order valence-electron chi connectivity index (χ3n) is 6.54. The second kappa shape index (κ2) is 10.3. The van der Waals surface area contributed by atoms with Crippen LogP contribution < -0.4 is 4.74 Å². The summed E-state index contributed by atoms with van der Waals surface area (Å²) in [7, 11) is 0. The Morgan fingerprint density at radius 2 is 2.12 bits per heavy atom. The van der Waals surface area contributed by atoms with Crippen LogP contribution in [0.5, 0.6) is 5.75 Å². The van der Waals surface area contributed by atoms with Gasteiger partial charge in [0.1, 0.15) is 12.4 Å². The van der Waals surface area contributed by atoms with Gasteiger partial charge in [0.2, 0.25) is 5.91 Å². The van der Waals surface area contributed by atoms with Crippen molar-refractivity contribution in [2.45, 2.75) is 19.3 Å². The number of amides is 2. The zero-order valence-corrected chi connectivity index (χ0v) is 19.3. The fourth-order valence-corrected chi connectivity index (χ4v) is 4.80. The molecule has 3 aromatic rings. The number of pyridine rings is 1. The fourth-order valence-electron chi connectivity index (χ4n) is 4.80. The normalized spacial score (nSPS) is 18.9. The summed E-state index contributed by atoms with van der Waals surface area (Å²) in [5.74, 6) is 1.02. The maximum Gasteiger partial charge on any atom is 0.254 e. The van der Waals surface area contributed by atoms with Crippen molar-refractivity contribution in [2.75, 3.05) is 46.0 Å². The highest BCUT2D eigenvalue weighted by molar-refractivity contribution is 5.94.